The SMILES string of the molecule is Cc1cc(NC(=O)N[C@@H]2CC(=O)N(C3CC3)[C@H]2c2ccnn2C)cn2ccnc12. The van der Waals surface area contributed by atoms with Crippen LogP contribution in [-0.2, 0) is 11.8 Å². The van der Waals surface area contributed by atoms with E-state index in [1.165, 1.54) is 0 Å². The van der Waals surface area contributed by atoms with Crippen LogP contribution in [0.2, 0.25) is 0 Å². The average Bonchev–Trinajstić information content (AvgIpc) is 3.07. The fraction of sp³-hybridized carbons (Fsp3) is 0.400. The first kappa shape index (κ1) is 17.7. The summed E-state index contributed by atoms with van der Waals surface area (Å²) in [5.74, 6) is 0.0830. The Bertz CT molecular complexity index is 1100. The largest absolute Gasteiger partial charge is 0.332 e. The van der Waals surface area contributed by atoms with E-state index in [4.69, 9.17) is 0 Å². The summed E-state index contributed by atoms with van der Waals surface area (Å²) in [5.41, 5.74) is 3.43. The summed E-state index contributed by atoms with van der Waals surface area (Å²) in [5, 5.41) is 10.2. The van der Waals surface area contributed by atoms with Crippen LogP contribution in [0.15, 0.2) is 36.9 Å². The van der Waals surface area contributed by atoms with Crippen LogP contribution < -0.4 is 10.6 Å². The number of hydrogen-bond donors (Lipinski definition) is 2. The molecule has 1 aliphatic heterocycles. The van der Waals surface area contributed by atoms with E-state index in [1.54, 1.807) is 17.1 Å². The number of fused-ring (bicyclic) bond motifs is 1. The maximum Gasteiger partial charge on any atom is 0.319 e. The number of hydrogen-bond acceptors (Lipinski definition) is 4. The quantitative estimate of drug-likeness (QED) is 0.709. The molecule has 2 fully saturated rings. The topological polar surface area (TPSA) is 96.6 Å². The standard InChI is InChI=1S/C20H23N7O2/c1-12-9-13(11-26-8-7-21-19(12)26)23-20(29)24-15-10-17(28)27(14-3-4-14)18(15)16-5-6-22-25(16)2/h5-9,11,14-15,18H,3-4,10H2,1-2H3,(H2,23,24,29)/t15-,18-/m1/s1. The third-order valence-electron chi connectivity index (χ3n) is 5.71. The predicted molar refractivity (Wildman–Crippen MR) is 106 cm³/mol. The zero-order valence-corrected chi connectivity index (χ0v) is 16.4. The number of aryl methyl sites for hydroxylation is 2. The minimum atomic E-state index is -0.327. The molecule has 150 valence electrons. The van der Waals surface area contributed by atoms with Gasteiger partial charge in [-0.1, -0.05) is 0 Å². The molecule has 0 bridgehead atoms. The molecule has 9 nitrogen and oxygen atoms in total. The lowest BCUT2D eigenvalue weighted by molar-refractivity contribution is -0.129. The molecule has 0 aromatic carbocycles. The van der Waals surface area contributed by atoms with Crippen molar-refractivity contribution in [2.24, 2.45) is 7.05 Å². The molecule has 3 amide bonds. The van der Waals surface area contributed by atoms with Gasteiger partial charge in [-0.15, -0.1) is 0 Å². The lowest BCUT2D eigenvalue weighted by Crippen LogP contribution is -2.43. The number of pyridine rings is 1. The fourth-order valence-corrected chi connectivity index (χ4v) is 4.30. The number of amides is 3. The molecule has 5 rings (SSSR count). The van der Waals surface area contributed by atoms with Gasteiger partial charge in [-0.25, -0.2) is 9.78 Å². The molecule has 1 aliphatic carbocycles. The molecule has 9 heteroatoms. The molecule has 2 aliphatic rings. The van der Waals surface area contributed by atoms with Gasteiger partial charge in [-0.3, -0.25) is 9.48 Å². The minimum Gasteiger partial charge on any atom is -0.332 e. The minimum absolute atomic E-state index is 0.0830. The zero-order chi connectivity index (χ0) is 20.1. The summed E-state index contributed by atoms with van der Waals surface area (Å²) in [6, 6.07) is 3.23. The molecule has 0 radical (unpaired) electrons. The molecule has 4 heterocycles. The average molecular weight is 393 g/mol. The number of imidazole rings is 1. The molecule has 29 heavy (non-hydrogen) atoms. The van der Waals surface area contributed by atoms with Crippen LogP contribution in [0.4, 0.5) is 10.5 Å². The normalized spacial score (nSPS) is 21.7. The number of carbonyl (C=O) groups excluding carboxylic acids is 2. The third-order valence-corrected chi connectivity index (χ3v) is 5.71. The van der Waals surface area contributed by atoms with Gasteiger partial charge in [-0.2, -0.15) is 5.10 Å². The molecule has 0 unspecified atom stereocenters. The first-order valence-corrected chi connectivity index (χ1v) is 9.81. The maximum atomic E-state index is 12.8. The Hall–Kier alpha value is -3.36. The van der Waals surface area contributed by atoms with Crippen molar-refractivity contribution >= 4 is 23.3 Å². The lowest BCUT2D eigenvalue weighted by atomic mass is 10.1. The van der Waals surface area contributed by atoms with Crippen LogP contribution in [0.1, 0.15) is 36.6 Å². The summed E-state index contributed by atoms with van der Waals surface area (Å²) in [6.45, 7) is 1.95. The monoisotopic (exact) mass is 393 g/mol. The Balaban J connectivity index is 1.37. The van der Waals surface area contributed by atoms with Gasteiger partial charge in [0.15, 0.2) is 0 Å². The Morgan fingerprint density at radius 3 is 2.83 bits per heavy atom. The Morgan fingerprint density at radius 1 is 1.28 bits per heavy atom. The molecule has 3 aromatic heterocycles. The van der Waals surface area contributed by atoms with Gasteiger partial charge in [0, 0.05) is 44.3 Å². The predicted octanol–water partition coefficient (Wildman–Crippen LogP) is 2.00. The number of urea groups is 1. The summed E-state index contributed by atoms with van der Waals surface area (Å²) < 4.78 is 3.65. The second-order valence-corrected chi connectivity index (χ2v) is 7.84. The van der Waals surface area contributed by atoms with Crippen LogP contribution in [0.3, 0.4) is 0 Å². The van der Waals surface area contributed by atoms with Gasteiger partial charge in [0.2, 0.25) is 5.91 Å². The molecular weight excluding hydrogens is 370 g/mol. The Morgan fingerprint density at radius 2 is 2.10 bits per heavy atom. The van der Waals surface area contributed by atoms with Crippen molar-refractivity contribution in [3.8, 4) is 0 Å². The van der Waals surface area contributed by atoms with Crippen molar-refractivity contribution in [2.75, 3.05) is 5.32 Å². The van der Waals surface area contributed by atoms with E-state index in [9.17, 15) is 9.59 Å². The number of rotatable bonds is 4. The highest BCUT2D eigenvalue weighted by atomic mass is 16.2. The van der Waals surface area contributed by atoms with Crippen molar-refractivity contribution in [3.63, 3.8) is 0 Å². The lowest BCUT2D eigenvalue weighted by Gasteiger charge is -2.28. The van der Waals surface area contributed by atoms with Crippen molar-refractivity contribution in [1.82, 2.24) is 29.4 Å². The molecule has 3 aromatic rings. The third kappa shape index (κ3) is 3.12. The maximum absolute atomic E-state index is 12.8. The van der Waals surface area contributed by atoms with Crippen molar-refractivity contribution < 1.29 is 9.59 Å². The van der Waals surface area contributed by atoms with Crippen LogP contribution in [-0.4, -0.2) is 48.1 Å². The van der Waals surface area contributed by atoms with E-state index in [0.29, 0.717) is 12.1 Å². The van der Waals surface area contributed by atoms with Crippen LogP contribution >= 0.6 is 0 Å². The highest BCUT2D eigenvalue weighted by molar-refractivity contribution is 5.91. The smallest absolute Gasteiger partial charge is 0.319 e. The van der Waals surface area contributed by atoms with Crippen molar-refractivity contribution in [2.45, 2.75) is 44.3 Å². The Labute approximate surface area is 167 Å². The molecule has 2 N–H and O–H groups in total. The summed E-state index contributed by atoms with van der Waals surface area (Å²) in [4.78, 5) is 31.7. The highest BCUT2D eigenvalue weighted by Gasteiger charge is 2.48. The Kier molecular flexibility index (Phi) is 4.04. The van der Waals surface area contributed by atoms with Gasteiger partial charge in [-0.05, 0) is 37.5 Å². The van der Waals surface area contributed by atoms with Crippen molar-refractivity contribution in [1.29, 1.82) is 0 Å². The van der Waals surface area contributed by atoms with Gasteiger partial charge >= 0.3 is 6.03 Å². The number of likely N-dealkylation sites (tertiary alicyclic amines) is 1. The van der Waals surface area contributed by atoms with Crippen LogP contribution in [0, 0.1) is 6.92 Å². The van der Waals surface area contributed by atoms with Gasteiger partial charge in [0.1, 0.15) is 5.65 Å². The molecule has 1 saturated heterocycles. The molecule has 0 spiro atoms. The second-order valence-electron chi connectivity index (χ2n) is 7.84. The van der Waals surface area contributed by atoms with Gasteiger partial charge in [0.25, 0.3) is 0 Å². The number of aromatic nitrogens is 4. The van der Waals surface area contributed by atoms with E-state index in [-0.39, 0.29) is 30.1 Å². The molecule has 2 atom stereocenters. The molecule has 1 saturated carbocycles. The first-order chi connectivity index (χ1) is 14.0. The van der Waals surface area contributed by atoms with Crippen LogP contribution in [0.25, 0.3) is 5.65 Å². The van der Waals surface area contributed by atoms with E-state index >= 15 is 0 Å². The van der Waals surface area contributed by atoms with Crippen LogP contribution in [0.5, 0.6) is 0 Å². The van der Waals surface area contributed by atoms with E-state index in [2.05, 4.69) is 20.7 Å². The van der Waals surface area contributed by atoms with E-state index in [1.807, 2.05) is 47.8 Å². The van der Waals surface area contributed by atoms with E-state index in [0.717, 1.165) is 29.7 Å². The fourth-order valence-electron chi connectivity index (χ4n) is 4.30. The van der Waals surface area contributed by atoms with Gasteiger partial charge < -0.3 is 19.9 Å². The second kappa shape index (κ2) is 6.61. The summed E-state index contributed by atoms with van der Waals surface area (Å²) in [6.07, 6.45) is 9.44. The number of nitrogens with one attached hydrogen (secondary N) is 2. The summed E-state index contributed by atoms with van der Waals surface area (Å²) >= 11 is 0. The zero-order valence-electron chi connectivity index (χ0n) is 16.4. The number of nitrogens with zero attached hydrogens (tertiary/aromatic N) is 5. The number of carbonyl (C=O) groups is 2. The first-order valence-electron chi connectivity index (χ1n) is 9.81. The van der Waals surface area contributed by atoms with E-state index < -0.39 is 0 Å². The summed E-state index contributed by atoms with van der Waals surface area (Å²) in [7, 11) is 1.86. The highest BCUT2D eigenvalue weighted by Crippen LogP contribution is 2.41. The molecular formula is C20H23N7O2. The number of anilines is 1. The van der Waals surface area contributed by atoms with Crippen molar-refractivity contribution in [3.05, 3.63) is 48.2 Å². The van der Waals surface area contributed by atoms with Gasteiger partial charge in [0.05, 0.1) is 23.5 Å².